The lowest BCUT2D eigenvalue weighted by Crippen LogP contribution is -2.32. The molecule has 0 N–H and O–H groups in total. The number of anilines is 1. The van der Waals surface area contributed by atoms with E-state index in [1.165, 1.54) is 0 Å². The second-order valence-corrected chi connectivity index (χ2v) is 5.14. The van der Waals surface area contributed by atoms with Crippen LogP contribution in [0.15, 0.2) is 83.2 Å². The van der Waals surface area contributed by atoms with Crippen LogP contribution >= 0.6 is 0 Å². The van der Waals surface area contributed by atoms with Gasteiger partial charge in [0.15, 0.2) is 12.0 Å². The first kappa shape index (κ1) is 14.2. The lowest BCUT2D eigenvalue weighted by atomic mass is 10.2. The molecular formula is C18H14N6. The first-order valence-electron chi connectivity index (χ1n) is 7.55. The van der Waals surface area contributed by atoms with Gasteiger partial charge in [-0.25, -0.2) is 15.0 Å². The summed E-state index contributed by atoms with van der Waals surface area (Å²) in [5.74, 6) is 1.35. The molecule has 6 heteroatoms. The van der Waals surface area contributed by atoms with Gasteiger partial charge >= 0.3 is 0 Å². The maximum Gasteiger partial charge on any atom is 0.177 e. The molecule has 24 heavy (non-hydrogen) atoms. The highest BCUT2D eigenvalue weighted by atomic mass is 15.3. The van der Waals surface area contributed by atoms with Crippen molar-refractivity contribution in [1.29, 1.82) is 0 Å². The van der Waals surface area contributed by atoms with Gasteiger partial charge in [-0.3, -0.25) is 14.9 Å². The number of hydrogen-bond donors (Lipinski definition) is 0. The molecule has 1 unspecified atom stereocenters. The zero-order valence-corrected chi connectivity index (χ0v) is 12.8. The smallest absolute Gasteiger partial charge is 0.177 e. The van der Waals surface area contributed by atoms with Gasteiger partial charge < -0.3 is 0 Å². The first-order valence-corrected chi connectivity index (χ1v) is 7.55. The third kappa shape index (κ3) is 2.77. The van der Waals surface area contributed by atoms with Gasteiger partial charge in [-0.1, -0.05) is 18.2 Å². The predicted octanol–water partition coefficient (Wildman–Crippen LogP) is 2.87. The fourth-order valence-electron chi connectivity index (χ4n) is 2.45. The molecule has 4 heterocycles. The lowest BCUT2D eigenvalue weighted by molar-refractivity contribution is 0.716. The number of hydrogen-bond acceptors (Lipinski definition) is 6. The Bertz CT molecular complexity index is 862. The minimum Gasteiger partial charge on any atom is -0.288 e. The van der Waals surface area contributed by atoms with Gasteiger partial charge in [0.2, 0.25) is 0 Å². The molecule has 0 radical (unpaired) electrons. The lowest BCUT2D eigenvalue weighted by Gasteiger charge is -2.28. The summed E-state index contributed by atoms with van der Waals surface area (Å²) in [5, 5.41) is 0. The Balaban J connectivity index is 1.78. The molecular weight excluding hydrogens is 300 g/mol. The van der Waals surface area contributed by atoms with Crippen LogP contribution in [0.2, 0.25) is 0 Å². The van der Waals surface area contributed by atoms with Gasteiger partial charge in [0.1, 0.15) is 17.9 Å². The number of rotatable bonds is 3. The quantitative estimate of drug-likeness (QED) is 0.745. The average Bonchev–Trinajstić information content (AvgIpc) is 2.69. The summed E-state index contributed by atoms with van der Waals surface area (Å²) in [6.07, 6.45) is 6.63. The summed E-state index contributed by atoms with van der Waals surface area (Å²) < 4.78 is 0. The van der Waals surface area contributed by atoms with E-state index in [0.717, 1.165) is 17.2 Å². The Labute approximate surface area is 139 Å². The Kier molecular flexibility index (Phi) is 3.77. The SMILES string of the molecule is C1=NC(c2ccccn2)=NC(c2ccccn2)N1c1ccccn1. The van der Waals surface area contributed by atoms with E-state index in [1.807, 2.05) is 59.5 Å². The summed E-state index contributed by atoms with van der Waals surface area (Å²) in [6, 6.07) is 17.2. The molecule has 3 aromatic heterocycles. The van der Waals surface area contributed by atoms with E-state index in [9.17, 15) is 0 Å². The predicted molar refractivity (Wildman–Crippen MR) is 93.0 cm³/mol. The van der Waals surface area contributed by atoms with E-state index in [-0.39, 0.29) is 6.17 Å². The summed E-state index contributed by atoms with van der Waals surface area (Å²) in [4.78, 5) is 24.3. The molecule has 0 bridgehead atoms. The molecule has 0 amide bonds. The van der Waals surface area contributed by atoms with Crippen molar-refractivity contribution in [1.82, 2.24) is 15.0 Å². The minimum atomic E-state index is -0.337. The van der Waals surface area contributed by atoms with E-state index in [4.69, 9.17) is 4.99 Å². The number of amidine groups is 1. The topological polar surface area (TPSA) is 66.6 Å². The van der Waals surface area contributed by atoms with E-state index in [0.29, 0.717) is 5.84 Å². The van der Waals surface area contributed by atoms with Crippen LogP contribution in [0.5, 0.6) is 0 Å². The van der Waals surface area contributed by atoms with Crippen LogP contribution < -0.4 is 4.90 Å². The van der Waals surface area contributed by atoms with Gasteiger partial charge in [-0.05, 0) is 36.4 Å². The van der Waals surface area contributed by atoms with E-state index in [1.54, 1.807) is 24.9 Å². The summed E-state index contributed by atoms with van der Waals surface area (Å²) in [6.45, 7) is 0. The monoisotopic (exact) mass is 314 g/mol. The molecule has 1 atom stereocenters. The average molecular weight is 314 g/mol. The normalized spacial score (nSPS) is 16.8. The Morgan fingerprint density at radius 2 is 1.50 bits per heavy atom. The van der Waals surface area contributed by atoms with Gasteiger partial charge in [0, 0.05) is 18.6 Å². The van der Waals surface area contributed by atoms with Crippen LogP contribution in [-0.4, -0.2) is 27.1 Å². The molecule has 3 aromatic rings. The Hall–Kier alpha value is -3.41. The number of nitrogens with zero attached hydrogens (tertiary/aromatic N) is 6. The Morgan fingerprint density at radius 3 is 2.17 bits per heavy atom. The third-order valence-corrected chi connectivity index (χ3v) is 3.57. The highest BCUT2D eigenvalue weighted by Gasteiger charge is 2.25. The van der Waals surface area contributed by atoms with Crippen LogP contribution in [0, 0.1) is 0 Å². The molecule has 0 aliphatic carbocycles. The first-order chi connectivity index (χ1) is 11.9. The molecule has 0 saturated heterocycles. The fourth-order valence-corrected chi connectivity index (χ4v) is 2.45. The van der Waals surface area contributed by atoms with Crippen molar-refractivity contribution in [2.45, 2.75) is 6.17 Å². The van der Waals surface area contributed by atoms with E-state index in [2.05, 4.69) is 19.9 Å². The number of aliphatic imine (C=N–C) groups is 2. The maximum atomic E-state index is 4.76. The van der Waals surface area contributed by atoms with Crippen LogP contribution in [0.4, 0.5) is 5.82 Å². The van der Waals surface area contributed by atoms with Gasteiger partial charge in [0.05, 0.1) is 5.69 Å². The molecule has 4 rings (SSSR count). The molecule has 6 nitrogen and oxygen atoms in total. The highest BCUT2D eigenvalue weighted by molar-refractivity contribution is 6.05. The van der Waals surface area contributed by atoms with Gasteiger partial charge in [0.25, 0.3) is 0 Å². The van der Waals surface area contributed by atoms with Crippen molar-refractivity contribution in [3.8, 4) is 0 Å². The largest absolute Gasteiger partial charge is 0.288 e. The van der Waals surface area contributed by atoms with Crippen molar-refractivity contribution in [3.63, 3.8) is 0 Å². The van der Waals surface area contributed by atoms with Crippen molar-refractivity contribution in [2.75, 3.05) is 4.90 Å². The van der Waals surface area contributed by atoms with Crippen molar-refractivity contribution in [3.05, 3.63) is 84.6 Å². The van der Waals surface area contributed by atoms with Crippen molar-refractivity contribution in [2.24, 2.45) is 9.98 Å². The van der Waals surface area contributed by atoms with Crippen LogP contribution in [-0.2, 0) is 0 Å². The number of aromatic nitrogens is 3. The standard InChI is InChI=1S/C18H14N6/c1-4-10-19-14(7-1)17-22-13-24(16-9-3-6-12-21-16)18(23-17)15-8-2-5-11-20-15/h1-13,18H. The van der Waals surface area contributed by atoms with Gasteiger partial charge in [-0.15, -0.1) is 0 Å². The van der Waals surface area contributed by atoms with Crippen LogP contribution in [0.25, 0.3) is 0 Å². The molecule has 1 aliphatic heterocycles. The summed E-state index contributed by atoms with van der Waals surface area (Å²) >= 11 is 0. The molecule has 0 saturated carbocycles. The molecule has 0 spiro atoms. The third-order valence-electron chi connectivity index (χ3n) is 3.57. The molecule has 1 aliphatic rings. The molecule has 0 fully saturated rings. The Morgan fingerprint density at radius 1 is 0.750 bits per heavy atom. The molecule has 116 valence electrons. The highest BCUT2D eigenvalue weighted by Crippen LogP contribution is 2.27. The number of pyridine rings is 3. The second-order valence-electron chi connectivity index (χ2n) is 5.14. The van der Waals surface area contributed by atoms with Crippen LogP contribution in [0.3, 0.4) is 0 Å². The maximum absolute atomic E-state index is 4.76. The summed E-state index contributed by atoms with van der Waals surface area (Å²) in [7, 11) is 0. The van der Waals surface area contributed by atoms with E-state index < -0.39 is 0 Å². The van der Waals surface area contributed by atoms with Crippen molar-refractivity contribution >= 4 is 18.0 Å². The second kappa shape index (κ2) is 6.37. The minimum absolute atomic E-state index is 0.337. The zero-order valence-electron chi connectivity index (χ0n) is 12.8. The molecule has 0 aromatic carbocycles. The fraction of sp³-hybridized carbons (Fsp3) is 0.0556. The summed E-state index contributed by atoms with van der Waals surface area (Å²) in [5.41, 5.74) is 1.55. The zero-order chi connectivity index (χ0) is 16.2. The van der Waals surface area contributed by atoms with Gasteiger partial charge in [-0.2, -0.15) is 0 Å². The van der Waals surface area contributed by atoms with E-state index >= 15 is 0 Å². The van der Waals surface area contributed by atoms with Crippen LogP contribution in [0.1, 0.15) is 17.6 Å². The van der Waals surface area contributed by atoms with Crippen molar-refractivity contribution < 1.29 is 0 Å².